The Labute approximate surface area is 160 Å². The van der Waals surface area contributed by atoms with Gasteiger partial charge in [-0.05, 0) is 30.5 Å². The Hall–Kier alpha value is -2.83. The van der Waals surface area contributed by atoms with Crippen LogP contribution in [0.25, 0.3) is 5.65 Å². The van der Waals surface area contributed by atoms with Crippen molar-refractivity contribution in [3.63, 3.8) is 0 Å². The van der Waals surface area contributed by atoms with E-state index >= 15 is 0 Å². The van der Waals surface area contributed by atoms with Gasteiger partial charge in [-0.2, -0.15) is 13.2 Å². The number of aromatic nitrogens is 2. The quantitative estimate of drug-likeness (QED) is 0.670. The highest BCUT2D eigenvalue weighted by atomic mass is 19.4. The summed E-state index contributed by atoms with van der Waals surface area (Å²) >= 11 is 0. The predicted octanol–water partition coefficient (Wildman–Crippen LogP) is 5.19. The molecule has 2 heterocycles. The van der Waals surface area contributed by atoms with Crippen molar-refractivity contribution in [3.8, 4) is 0 Å². The number of rotatable bonds is 4. The van der Waals surface area contributed by atoms with E-state index in [1.165, 1.54) is 10.5 Å². The standard InChI is InChI=1S/C21H20F3N3O/c22-21(23,24)16-10-11-17-25-20(19(27(17)13-16)15-8-4-5-9-15)26-18(28)12-14-6-2-1-3-7-14/h1-3,6-7,10-11,13,15H,4-5,8-9,12H2,(H,26,28). The SMILES string of the molecule is O=C(Cc1ccccc1)Nc1nc2ccc(C(F)(F)F)cn2c1C1CCCC1. The number of benzene rings is 1. The molecule has 0 unspecified atom stereocenters. The zero-order valence-corrected chi connectivity index (χ0v) is 15.2. The fraction of sp³-hybridized carbons (Fsp3) is 0.333. The number of nitrogens with zero attached hydrogens (tertiary/aromatic N) is 2. The van der Waals surface area contributed by atoms with Crippen LogP contribution in [0.4, 0.5) is 19.0 Å². The molecule has 1 aromatic carbocycles. The topological polar surface area (TPSA) is 46.4 Å². The van der Waals surface area contributed by atoms with Crippen LogP contribution in [0.15, 0.2) is 48.7 Å². The molecule has 0 saturated heterocycles. The van der Waals surface area contributed by atoms with Crippen molar-refractivity contribution in [2.75, 3.05) is 5.32 Å². The molecular weight excluding hydrogens is 367 g/mol. The molecule has 0 spiro atoms. The molecule has 146 valence electrons. The highest BCUT2D eigenvalue weighted by molar-refractivity contribution is 5.92. The molecule has 4 rings (SSSR count). The minimum atomic E-state index is -4.43. The van der Waals surface area contributed by atoms with Gasteiger partial charge in [0, 0.05) is 12.1 Å². The Bertz CT molecular complexity index is 989. The number of carbonyl (C=O) groups is 1. The van der Waals surface area contributed by atoms with Crippen molar-refractivity contribution in [2.45, 2.75) is 44.2 Å². The lowest BCUT2D eigenvalue weighted by Gasteiger charge is -2.14. The summed E-state index contributed by atoms with van der Waals surface area (Å²) < 4.78 is 41.0. The molecule has 28 heavy (non-hydrogen) atoms. The largest absolute Gasteiger partial charge is 0.417 e. The lowest BCUT2D eigenvalue weighted by Crippen LogP contribution is -2.16. The number of hydrogen-bond acceptors (Lipinski definition) is 2. The Balaban J connectivity index is 1.70. The van der Waals surface area contributed by atoms with Gasteiger partial charge in [-0.3, -0.25) is 4.79 Å². The smallest absolute Gasteiger partial charge is 0.309 e. The second kappa shape index (κ2) is 7.30. The zero-order chi connectivity index (χ0) is 19.7. The molecular formula is C21H20F3N3O. The van der Waals surface area contributed by atoms with Crippen LogP contribution in [-0.2, 0) is 17.4 Å². The van der Waals surface area contributed by atoms with Gasteiger partial charge in [0.15, 0.2) is 5.82 Å². The lowest BCUT2D eigenvalue weighted by atomic mass is 10.0. The molecule has 0 radical (unpaired) electrons. The average Bonchev–Trinajstić information content (AvgIpc) is 3.28. The van der Waals surface area contributed by atoms with Gasteiger partial charge in [0.1, 0.15) is 5.65 Å². The van der Waals surface area contributed by atoms with Crippen molar-refractivity contribution in [1.82, 2.24) is 9.38 Å². The van der Waals surface area contributed by atoms with Crippen molar-refractivity contribution in [1.29, 1.82) is 0 Å². The number of amides is 1. The minimum Gasteiger partial charge on any atom is -0.309 e. The van der Waals surface area contributed by atoms with E-state index in [2.05, 4.69) is 10.3 Å². The van der Waals surface area contributed by atoms with Crippen LogP contribution in [0.1, 0.15) is 48.4 Å². The molecule has 1 aliphatic carbocycles. The maximum absolute atomic E-state index is 13.2. The number of imidazole rings is 1. The van der Waals surface area contributed by atoms with E-state index < -0.39 is 11.7 Å². The maximum atomic E-state index is 13.2. The first-order valence-electron chi connectivity index (χ1n) is 9.35. The van der Waals surface area contributed by atoms with Gasteiger partial charge in [0.05, 0.1) is 17.7 Å². The number of fused-ring (bicyclic) bond motifs is 1. The summed E-state index contributed by atoms with van der Waals surface area (Å²) in [6.45, 7) is 0. The third-order valence-electron chi connectivity index (χ3n) is 5.19. The first-order chi connectivity index (χ1) is 13.4. The van der Waals surface area contributed by atoms with Crippen molar-refractivity contribution < 1.29 is 18.0 Å². The summed E-state index contributed by atoms with van der Waals surface area (Å²) in [5, 5.41) is 2.83. The molecule has 0 atom stereocenters. The van der Waals surface area contributed by atoms with Crippen LogP contribution in [0.5, 0.6) is 0 Å². The van der Waals surface area contributed by atoms with E-state index in [9.17, 15) is 18.0 Å². The van der Waals surface area contributed by atoms with E-state index in [0.29, 0.717) is 17.2 Å². The molecule has 7 heteroatoms. The summed E-state index contributed by atoms with van der Waals surface area (Å²) in [6.07, 6.45) is 0.650. The number of anilines is 1. The van der Waals surface area contributed by atoms with Crippen molar-refractivity contribution >= 4 is 17.4 Å². The summed E-state index contributed by atoms with van der Waals surface area (Å²) in [4.78, 5) is 16.9. The zero-order valence-electron chi connectivity index (χ0n) is 15.2. The van der Waals surface area contributed by atoms with Crippen molar-refractivity contribution in [2.24, 2.45) is 0 Å². The highest BCUT2D eigenvalue weighted by Gasteiger charge is 2.32. The van der Waals surface area contributed by atoms with E-state index in [0.717, 1.165) is 43.5 Å². The number of alkyl halides is 3. The van der Waals surface area contributed by atoms with Crippen LogP contribution in [0.3, 0.4) is 0 Å². The predicted molar refractivity (Wildman–Crippen MR) is 100 cm³/mol. The molecule has 1 N–H and O–H groups in total. The monoisotopic (exact) mass is 387 g/mol. The highest BCUT2D eigenvalue weighted by Crippen LogP contribution is 2.39. The fourth-order valence-electron chi connectivity index (χ4n) is 3.87. The molecule has 1 aliphatic rings. The van der Waals surface area contributed by atoms with Gasteiger partial charge >= 0.3 is 6.18 Å². The van der Waals surface area contributed by atoms with Gasteiger partial charge in [-0.1, -0.05) is 43.2 Å². The second-order valence-corrected chi connectivity index (χ2v) is 7.18. The van der Waals surface area contributed by atoms with E-state index in [1.54, 1.807) is 0 Å². The Kier molecular flexibility index (Phi) is 4.83. The number of pyridine rings is 1. The number of nitrogens with one attached hydrogen (secondary N) is 1. The Morgan fingerprint density at radius 3 is 2.50 bits per heavy atom. The van der Waals surface area contributed by atoms with Gasteiger partial charge in [0.25, 0.3) is 0 Å². The normalized spacial score (nSPS) is 15.2. The number of hydrogen-bond donors (Lipinski definition) is 1. The minimum absolute atomic E-state index is 0.0884. The molecule has 0 bridgehead atoms. The lowest BCUT2D eigenvalue weighted by molar-refractivity contribution is -0.137. The fourth-order valence-corrected chi connectivity index (χ4v) is 3.87. The molecule has 4 nitrogen and oxygen atoms in total. The van der Waals surface area contributed by atoms with Gasteiger partial charge < -0.3 is 9.72 Å². The first-order valence-corrected chi connectivity index (χ1v) is 9.35. The maximum Gasteiger partial charge on any atom is 0.417 e. The van der Waals surface area contributed by atoms with Crippen LogP contribution in [0.2, 0.25) is 0 Å². The molecule has 2 aromatic heterocycles. The second-order valence-electron chi connectivity index (χ2n) is 7.18. The Morgan fingerprint density at radius 1 is 1.11 bits per heavy atom. The Morgan fingerprint density at radius 2 is 1.82 bits per heavy atom. The van der Waals surface area contributed by atoms with E-state index in [4.69, 9.17) is 0 Å². The third-order valence-corrected chi connectivity index (χ3v) is 5.19. The van der Waals surface area contributed by atoms with E-state index in [-0.39, 0.29) is 18.2 Å². The number of carbonyl (C=O) groups excluding carboxylic acids is 1. The van der Waals surface area contributed by atoms with Gasteiger partial charge in [-0.15, -0.1) is 0 Å². The van der Waals surface area contributed by atoms with Crippen LogP contribution in [-0.4, -0.2) is 15.3 Å². The molecule has 0 aliphatic heterocycles. The molecule has 1 fully saturated rings. The molecule has 3 aromatic rings. The summed E-state index contributed by atoms with van der Waals surface area (Å²) in [6, 6.07) is 11.7. The summed E-state index contributed by atoms with van der Waals surface area (Å²) in [5.41, 5.74) is 1.22. The average molecular weight is 387 g/mol. The molecule has 1 saturated carbocycles. The van der Waals surface area contributed by atoms with Gasteiger partial charge in [0.2, 0.25) is 5.91 Å². The third kappa shape index (κ3) is 3.74. The van der Waals surface area contributed by atoms with Crippen LogP contribution < -0.4 is 5.32 Å². The molecule has 1 amide bonds. The number of halogens is 3. The summed E-state index contributed by atoms with van der Waals surface area (Å²) in [7, 11) is 0. The van der Waals surface area contributed by atoms with Gasteiger partial charge in [-0.25, -0.2) is 4.98 Å². The van der Waals surface area contributed by atoms with E-state index in [1.807, 2.05) is 30.3 Å². The summed E-state index contributed by atoms with van der Waals surface area (Å²) in [5.74, 6) is 0.225. The van der Waals surface area contributed by atoms with Crippen LogP contribution in [0, 0.1) is 0 Å². The van der Waals surface area contributed by atoms with Crippen molar-refractivity contribution in [3.05, 3.63) is 65.5 Å². The van der Waals surface area contributed by atoms with Crippen LogP contribution >= 0.6 is 0 Å². The first kappa shape index (κ1) is 18.5.